The van der Waals surface area contributed by atoms with Crippen LogP contribution in [0.5, 0.6) is 11.5 Å². The summed E-state index contributed by atoms with van der Waals surface area (Å²) in [5.74, 6) is 1.65. The number of nitrogens with one attached hydrogen (secondary N) is 5. The van der Waals surface area contributed by atoms with Crippen molar-refractivity contribution in [2.45, 2.75) is 94.7 Å². The van der Waals surface area contributed by atoms with Gasteiger partial charge in [-0.05, 0) is 56.1 Å². The first-order chi connectivity index (χ1) is 22.1. The fourth-order valence-corrected chi connectivity index (χ4v) is 8.11. The van der Waals surface area contributed by atoms with Crippen LogP contribution in [-0.4, -0.2) is 75.2 Å². The number of rotatable bonds is 8. The van der Waals surface area contributed by atoms with Crippen LogP contribution in [0.1, 0.15) is 80.1 Å². The molecular formula is C35H52N6O4. The minimum Gasteiger partial charge on any atom is -0.496 e. The maximum Gasteiger partial charge on any atom is 0.251 e. The summed E-state index contributed by atoms with van der Waals surface area (Å²) in [5.41, 5.74) is 9.68. The number of hydrogen-bond donors (Lipinski definition) is 5. The van der Waals surface area contributed by atoms with Crippen molar-refractivity contribution in [3.05, 3.63) is 53.6 Å². The number of carbonyl (C=O) groups excluding carboxylic acids is 1. The average Bonchev–Trinajstić information content (AvgIpc) is 3.38. The normalized spacial score (nSPS) is 27.1. The van der Waals surface area contributed by atoms with Gasteiger partial charge in [-0.2, -0.15) is 0 Å². The van der Waals surface area contributed by atoms with Gasteiger partial charge in [0.05, 0.1) is 51.4 Å². The van der Waals surface area contributed by atoms with E-state index in [9.17, 15) is 4.79 Å². The van der Waals surface area contributed by atoms with E-state index in [4.69, 9.17) is 14.2 Å². The number of methoxy groups -OCH3 is 2. The van der Waals surface area contributed by atoms with Crippen LogP contribution in [0.15, 0.2) is 42.5 Å². The van der Waals surface area contributed by atoms with Crippen LogP contribution < -0.4 is 36.3 Å². The van der Waals surface area contributed by atoms with E-state index in [1.165, 1.54) is 57.8 Å². The molecule has 45 heavy (non-hydrogen) atoms. The summed E-state index contributed by atoms with van der Waals surface area (Å²) in [6.45, 7) is 3.69. The van der Waals surface area contributed by atoms with Crippen molar-refractivity contribution in [1.82, 2.24) is 26.4 Å². The van der Waals surface area contributed by atoms with Crippen LogP contribution in [0.4, 0.5) is 5.69 Å². The molecule has 1 spiro atoms. The maximum atomic E-state index is 13.1. The van der Waals surface area contributed by atoms with Gasteiger partial charge in [0.1, 0.15) is 11.5 Å². The molecule has 4 atom stereocenters. The van der Waals surface area contributed by atoms with Crippen molar-refractivity contribution in [2.75, 3.05) is 45.8 Å². The highest BCUT2D eigenvalue weighted by Crippen LogP contribution is 2.41. The van der Waals surface area contributed by atoms with E-state index in [0.717, 1.165) is 37.4 Å². The van der Waals surface area contributed by atoms with Gasteiger partial charge in [-0.1, -0.05) is 57.1 Å². The number of benzene rings is 2. The SMILES string of the molecule is COc1cccc(OC)c1CNC(=O)c1cccc(NCC2NNC3C4CCNC5(CCCCCCCCC5)C4OCCN23)c1. The van der Waals surface area contributed by atoms with Gasteiger partial charge in [0, 0.05) is 35.8 Å². The topological polar surface area (TPSA) is 108 Å². The standard InChI is InChI=1S/C35H52N6O4/c1-43-29-14-11-15-30(44-2)28(29)23-37-34(42)25-12-10-13-26(22-25)36-24-31-39-40-33-27-16-19-38-35(32(27)45-21-20-41(31)33)17-8-6-4-3-5-7-9-18-35/h10-15,22,27,31-33,36,38-40H,3-9,16-21,23-24H2,1-2H3,(H,37,42). The second-order valence-corrected chi connectivity index (χ2v) is 13.1. The van der Waals surface area contributed by atoms with Gasteiger partial charge in [-0.15, -0.1) is 0 Å². The fraction of sp³-hybridized carbons (Fsp3) is 0.629. The third kappa shape index (κ3) is 7.25. The molecule has 2 aromatic rings. The lowest BCUT2D eigenvalue weighted by Gasteiger charge is -2.50. The highest BCUT2D eigenvalue weighted by molar-refractivity contribution is 5.95. The van der Waals surface area contributed by atoms with Crippen LogP contribution in [0.3, 0.4) is 0 Å². The second kappa shape index (κ2) is 15.1. The summed E-state index contributed by atoms with van der Waals surface area (Å²) in [6, 6.07) is 13.3. The zero-order chi connectivity index (χ0) is 31.1. The van der Waals surface area contributed by atoms with Gasteiger partial charge in [-0.3, -0.25) is 9.69 Å². The molecule has 0 bridgehead atoms. The first kappa shape index (κ1) is 32.1. The Kier molecular flexibility index (Phi) is 10.8. The first-order valence-electron chi connectivity index (χ1n) is 17.1. The Hall–Kier alpha value is -2.89. The molecule has 4 unspecified atom stereocenters. The summed E-state index contributed by atoms with van der Waals surface area (Å²) in [5, 5.41) is 10.6. The van der Waals surface area contributed by atoms with Crippen LogP contribution >= 0.6 is 0 Å². The van der Waals surface area contributed by atoms with E-state index in [1.807, 2.05) is 42.5 Å². The Morgan fingerprint density at radius 1 is 0.978 bits per heavy atom. The zero-order valence-corrected chi connectivity index (χ0v) is 27.0. The number of fused-ring (bicyclic) bond motifs is 4. The molecule has 2 aromatic carbocycles. The summed E-state index contributed by atoms with van der Waals surface area (Å²) >= 11 is 0. The van der Waals surface area contributed by atoms with Crippen molar-refractivity contribution in [1.29, 1.82) is 0 Å². The Bertz CT molecular complexity index is 1240. The quantitative estimate of drug-likeness (QED) is 0.294. The van der Waals surface area contributed by atoms with E-state index in [2.05, 4.69) is 31.7 Å². The summed E-state index contributed by atoms with van der Waals surface area (Å²) < 4.78 is 17.8. The molecule has 3 aliphatic heterocycles. The lowest BCUT2D eigenvalue weighted by molar-refractivity contribution is -0.0752. The van der Waals surface area contributed by atoms with Crippen molar-refractivity contribution in [3.63, 3.8) is 0 Å². The molecular weight excluding hydrogens is 568 g/mol. The number of hydrogen-bond acceptors (Lipinski definition) is 9. The molecule has 1 aliphatic carbocycles. The van der Waals surface area contributed by atoms with Crippen LogP contribution in [0.25, 0.3) is 0 Å². The Balaban J connectivity index is 1.07. The lowest BCUT2D eigenvalue weighted by Crippen LogP contribution is -2.65. The minimum atomic E-state index is -0.150. The predicted molar refractivity (Wildman–Crippen MR) is 176 cm³/mol. The molecule has 4 fully saturated rings. The number of nitrogens with zero attached hydrogens (tertiary/aromatic N) is 1. The Morgan fingerprint density at radius 3 is 2.42 bits per heavy atom. The number of anilines is 1. The van der Waals surface area contributed by atoms with E-state index < -0.39 is 0 Å². The van der Waals surface area contributed by atoms with Gasteiger partial charge in [0.15, 0.2) is 0 Å². The highest BCUT2D eigenvalue weighted by Gasteiger charge is 2.52. The second-order valence-electron chi connectivity index (χ2n) is 13.1. The third-order valence-electron chi connectivity index (χ3n) is 10.4. The summed E-state index contributed by atoms with van der Waals surface area (Å²) in [6.07, 6.45) is 13.5. The first-order valence-corrected chi connectivity index (χ1v) is 17.1. The van der Waals surface area contributed by atoms with Gasteiger partial charge in [-0.25, -0.2) is 10.9 Å². The molecule has 0 radical (unpaired) electrons. The van der Waals surface area contributed by atoms with Crippen molar-refractivity contribution >= 4 is 11.6 Å². The number of piperidine rings is 1. The Morgan fingerprint density at radius 2 is 1.69 bits per heavy atom. The zero-order valence-electron chi connectivity index (χ0n) is 27.0. The molecule has 246 valence electrons. The summed E-state index contributed by atoms with van der Waals surface area (Å²) in [7, 11) is 3.24. The molecule has 1 amide bonds. The predicted octanol–water partition coefficient (Wildman–Crippen LogP) is 4.38. The maximum absolute atomic E-state index is 13.1. The number of amides is 1. The Labute approximate surface area is 268 Å². The average molecular weight is 621 g/mol. The molecule has 5 N–H and O–H groups in total. The van der Waals surface area contributed by atoms with Crippen molar-refractivity contribution < 1.29 is 19.0 Å². The largest absolute Gasteiger partial charge is 0.496 e. The smallest absolute Gasteiger partial charge is 0.251 e. The molecule has 0 aromatic heterocycles. The van der Waals surface area contributed by atoms with Crippen LogP contribution in [0.2, 0.25) is 0 Å². The van der Waals surface area contributed by atoms with Gasteiger partial charge >= 0.3 is 0 Å². The van der Waals surface area contributed by atoms with E-state index >= 15 is 0 Å². The number of ether oxygens (including phenoxy) is 3. The molecule has 1 saturated carbocycles. The monoisotopic (exact) mass is 620 g/mol. The molecule has 4 aliphatic rings. The lowest BCUT2D eigenvalue weighted by atomic mass is 9.71. The highest BCUT2D eigenvalue weighted by atomic mass is 16.5. The van der Waals surface area contributed by atoms with Crippen molar-refractivity contribution in [2.24, 2.45) is 5.92 Å². The molecule has 10 heteroatoms. The van der Waals surface area contributed by atoms with Gasteiger partial charge in [0.25, 0.3) is 5.91 Å². The van der Waals surface area contributed by atoms with E-state index in [-0.39, 0.29) is 29.9 Å². The molecule has 3 heterocycles. The van der Waals surface area contributed by atoms with Crippen LogP contribution in [0, 0.1) is 5.92 Å². The molecule has 10 nitrogen and oxygen atoms in total. The third-order valence-corrected chi connectivity index (χ3v) is 10.4. The van der Waals surface area contributed by atoms with E-state index in [0.29, 0.717) is 36.1 Å². The molecule has 3 saturated heterocycles. The van der Waals surface area contributed by atoms with Crippen molar-refractivity contribution in [3.8, 4) is 11.5 Å². The number of carbonyl (C=O) groups is 1. The molecule has 6 rings (SSSR count). The van der Waals surface area contributed by atoms with Crippen LogP contribution in [-0.2, 0) is 11.3 Å². The minimum absolute atomic E-state index is 0.0894. The number of hydrazine groups is 1. The summed E-state index contributed by atoms with van der Waals surface area (Å²) in [4.78, 5) is 15.7. The fourth-order valence-electron chi connectivity index (χ4n) is 8.11. The van der Waals surface area contributed by atoms with E-state index in [1.54, 1.807) is 14.2 Å². The van der Waals surface area contributed by atoms with Gasteiger partial charge < -0.3 is 30.2 Å². The van der Waals surface area contributed by atoms with Gasteiger partial charge in [0.2, 0.25) is 0 Å².